The van der Waals surface area contributed by atoms with E-state index in [2.05, 4.69) is 5.32 Å². The second-order valence-electron chi connectivity index (χ2n) is 6.37. The third-order valence-corrected chi connectivity index (χ3v) is 5.70. The number of hydrogen-bond acceptors (Lipinski definition) is 5. The summed E-state index contributed by atoms with van der Waals surface area (Å²) in [6, 6.07) is 13.5. The molecule has 2 heterocycles. The van der Waals surface area contributed by atoms with Crippen molar-refractivity contribution in [2.24, 2.45) is 0 Å². The van der Waals surface area contributed by atoms with Crippen molar-refractivity contribution in [3.63, 3.8) is 0 Å². The van der Waals surface area contributed by atoms with Crippen LogP contribution in [0.3, 0.4) is 0 Å². The Labute approximate surface area is 167 Å². The summed E-state index contributed by atoms with van der Waals surface area (Å²) in [7, 11) is 1.34. The number of anilines is 1. The minimum absolute atomic E-state index is 0.131. The van der Waals surface area contributed by atoms with Gasteiger partial charge in [-0.3, -0.25) is 4.79 Å². The number of esters is 1. The van der Waals surface area contributed by atoms with Crippen LogP contribution in [0.1, 0.15) is 38.2 Å². The summed E-state index contributed by atoms with van der Waals surface area (Å²) in [6.45, 7) is 3.94. The van der Waals surface area contributed by atoms with E-state index < -0.39 is 5.97 Å². The topological polar surface area (TPSA) is 85.1 Å². The lowest BCUT2D eigenvalue weighted by Gasteiger charge is -2.14. The fourth-order valence-electron chi connectivity index (χ4n) is 3.01. The quantitative estimate of drug-likeness (QED) is 0.598. The third kappa shape index (κ3) is 4.32. The first-order chi connectivity index (χ1) is 13.5. The SMILES string of the molecule is COC(=O)c1c(NC(=O)C[NH2+][C@@H](c2ccccc2)c2ccco2)sc(C)c1C. The minimum Gasteiger partial charge on any atom is -0.465 e. The highest BCUT2D eigenvalue weighted by Gasteiger charge is 2.24. The fourth-order valence-corrected chi connectivity index (χ4v) is 4.08. The van der Waals surface area contributed by atoms with Gasteiger partial charge in [0, 0.05) is 10.4 Å². The number of furan rings is 1. The zero-order chi connectivity index (χ0) is 20.1. The van der Waals surface area contributed by atoms with Crippen LogP contribution in [0, 0.1) is 13.8 Å². The number of nitrogens with one attached hydrogen (secondary N) is 1. The van der Waals surface area contributed by atoms with Crippen molar-refractivity contribution in [2.45, 2.75) is 19.9 Å². The molecule has 0 aliphatic heterocycles. The number of methoxy groups -OCH3 is 1. The van der Waals surface area contributed by atoms with Gasteiger partial charge in [-0.25, -0.2) is 4.79 Å². The summed E-state index contributed by atoms with van der Waals surface area (Å²) in [5.41, 5.74) is 2.29. The van der Waals surface area contributed by atoms with E-state index >= 15 is 0 Å². The van der Waals surface area contributed by atoms with Crippen molar-refractivity contribution in [3.05, 3.63) is 76.1 Å². The highest BCUT2D eigenvalue weighted by molar-refractivity contribution is 7.16. The number of carbonyl (C=O) groups excluding carboxylic acids is 2. The van der Waals surface area contributed by atoms with E-state index in [9.17, 15) is 9.59 Å². The van der Waals surface area contributed by atoms with Gasteiger partial charge >= 0.3 is 5.97 Å². The molecule has 7 heteroatoms. The molecule has 3 rings (SSSR count). The molecule has 1 atom stereocenters. The molecule has 0 spiro atoms. The maximum Gasteiger partial charge on any atom is 0.341 e. The molecule has 0 fully saturated rings. The average Bonchev–Trinajstić information content (AvgIpc) is 3.31. The van der Waals surface area contributed by atoms with E-state index in [1.54, 1.807) is 6.26 Å². The molecule has 6 nitrogen and oxygen atoms in total. The Morgan fingerprint density at radius 2 is 1.93 bits per heavy atom. The predicted molar refractivity (Wildman–Crippen MR) is 108 cm³/mol. The van der Waals surface area contributed by atoms with E-state index in [0.29, 0.717) is 10.6 Å². The summed E-state index contributed by atoms with van der Waals surface area (Å²) in [5, 5.41) is 5.29. The fraction of sp³-hybridized carbons (Fsp3) is 0.238. The Morgan fingerprint density at radius 1 is 1.18 bits per heavy atom. The lowest BCUT2D eigenvalue weighted by Crippen LogP contribution is -2.87. The number of benzene rings is 1. The van der Waals surface area contributed by atoms with Gasteiger partial charge in [-0.1, -0.05) is 30.3 Å². The van der Waals surface area contributed by atoms with E-state index in [-0.39, 0.29) is 18.5 Å². The normalized spacial score (nSPS) is 11.8. The zero-order valence-electron chi connectivity index (χ0n) is 16.0. The second kappa shape index (κ2) is 8.86. The molecule has 3 aromatic rings. The Hall–Kier alpha value is -2.90. The summed E-state index contributed by atoms with van der Waals surface area (Å²) in [4.78, 5) is 25.6. The van der Waals surface area contributed by atoms with Crippen molar-refractivity contribution in [1.82, 2.24) is 0 Å². The van der Waals surface area contributed by atoms with Crippen molar-refractivity contribution in [2.75, 3.05) is 19.0 Å². The lowest BCUT2D eigenvalue weighted by molar-refractivity contribution is -0.678. The smallest absolute Gasteiger partial charge is 0.341 e. The Balaban J connectivity index is 1.73. The van der Waals surface area contributed by atoms with Gasteiger partial charge < -0.3 is 19.8 Å². The number of aryl methyl sites for hydroxylation is 1. The Bertz CT molecular complexity index is 948. The van der Waals surface area contributed by atoms with Crippen LogP contribution in [-0.2, 0) is 9.53 Å². The number of carbonyl (C=O) groups is 2. The number of hydrogen-bond donors (Lipinski definition) is 2. The molecule has 0 unspecified atom stereocenters. The molecule has 3 N–H and O–H groups in total. The van der Waals surface area contributed by atoms with Crippen LogP contribution in [0.4, 0.5) is 5.00 Å². The Kier molecular flexibility index (Phi) is 6.28. The van der Waals surface area contributed by atoms with Crippen molar-refractivity contribution < 1.29 is 24.1 Å². The van der Waals surface area contributed by atoms with E-state index in [0.717, 1.165) is 21.8 Å². The minimum atomic E-state index is -0.445. The molecular formula is C21H23N2O4S+. The molecular weight excluding hydrogens is 376 g/mol. The van der Waals surface area contributed by atoms with Gasteiger partial charge in [-0.15, -0.1) is 11.3 Å². The molecule has 0 radical (unpaired) electrons. The van der Waals surface area contributed by atoms with Gasteiger partial charge in [0.2, 0.25) is 0 Å². The highest BCUT2D eigenvalue weighted by Crippen LogP contribution is 2.32. The first kappa shape index (κ1) is 19.9. The van der Waals surface area contributed by atoms with E-state index in [4.69, 9.17) is 9.15 Å². The van der Waals surface area contributed by atoms with Gasteiger partial charge in [0.15, 0.2) is 18.3 Å². The highest BCUT2D eigenvalue weighted by atomic mass is 32.1. The number of thiophene rings is 1. The van der Waals surface area contributed by atoms with Crippen LogP contribution >= 0.6 is 11.3 Å². The average molecular weight is 399 g/mol. The largest absolute Gasteiger partial charge is 0.465 e. The molecule has 0 saturated carbocycles. The van der Waals surface area contributed by atoms with Crippen LogP contribution in [0.15, 0.2) is 53.1 Å². The monoisotopic (exact) mass is 399 g/mol. The van der Waals surface area contributed by atoms with Crippen molar-refractivity contribution in [1.29, 1.82) is 0 Å². The molecule has 2 aromatic heterocycles. The number of quaternary nitrogens is 1. The van der Waals surface area contributed by atoms with Gasteiger partial charge in [0.25, 0.3) is 5.91 Å². The molecule has 0 aliphatic rings. The van der Waals surface area contributed by atoms with Crippen LogP contribution < -0.4 is 10.6 Å². The maximum atomic E-state index is 12.6. The molecule has 0 aliphatic carbocycles. The number of amides is 1. The zero-order valence-corrected chi connectivity index (χ0v) is 16.8. The summed E-state index contributed by atoms with van der Waals surface area (Å²) in [5.74, 6) is 0.134. The molecule has 0 saturated heterocycles. The number of nitrogens with two attached hydrogens (primary N) is 1. The summed E-state index contributed by atoms with van der Waals surface area (Å²) in [6.07, 6.45) is 1.62. The van der Waals surface area contributed by atoms with Crippen LogP contribution in [0.5, 0.6) is 0 Å². The van der Waals surface area contributed by atoms with Crippen molar-refractivity contribution >= 4 is 28.2 Å². The predicted octanol–water partition coefficient (Wildman–Crippen LogP) is 3.04. The number of rotatable bonds is 7. The first-order valence-electron chi connectivity index (χ1n) is 8.91. The first-order valence-corrected chi connectivity index (χ1v) is 9.72. The number of ether oxygens (including phenoxy) is 1. The standard InChI is InChI=1S/C21H22N2O4S/c1-13-14(2)28-20(18(13)21(25)26-3)23-17(24)12-22-19(16-10-7-11-27-16)15-8-5-4-6-9-15/h4-11,19,22H,12H2,1-3H3,(H,23,24)/p+1/t19-/m0/s1. The Morgan fingerprint density at radius 3 is 2.57 bits per heavy atom. The van der Waals surface area contributed by atoms with Gasteiger partial charge in [-0.2, -0.15) is 0 Å². The van der Waals surface area contributed by atoms with Gasteiger partial charge in [0.05, 0.1) is 18.9 Å². The van der Waals surface area contributed by atoms with Crippen LogP contribution in [-0.4, -0.2) is 25.5 Å². The van der Waals surface area contributed by atoms with E-state index in [1.807, 2.05) is 61.6 Å². The third-order valence-electron chi connectivity index (χ3n) is 4.58. The van der Waals surface area contributed by atoms with Gasteiger partial charge in [-0.05, 0) is 31.5 Å². The van der Waals surface area contributed by atoms with Crippen molar-refractivity contribution in [3.8, 4) is 0 Å². The summed E-state index contributed by atoms with van der Waals surface area (Å²) >= 11 is 1.38. The summed E-state index contributed by atoms with van der Waals surface area (Å²) < 4.78 is 10.4. The molecule has 28 heavy (non-hydrogen) atoms. The molecule has 1 amide bonds. The van der Waals surface area contributed by atoms with E-state index in [1.165, 1.54) is 18.4 Å². The maximum absolute atomic E-state index is 12.6. The molecule has 0 bridgehead atoms. The van der Waals surface area contributed by atoms with Crippen LogP contribution in [0.25, 0.3) is 0 Å². The lowest BCUT2D eigenvalue weighted by atomic mass is 10.0. The second-order valence-corrected chi connectivity index (χ2v) is 7.60. The molecule has 146 valence electrons. The van der Waals surface area contributed by atoms with Crippen LogP contribution in [0.2, 0.25) is 0 Å². The van der Waals surface area contributed by atoms with Gasteiger partial charge in [0.1, 0.15) is 5.00 Å². The molecule has 1 aromatic carbocycles.